The number of aliphatic hydroxyl groups is 1. The van der Waals surface area contributed by atoms with Crippen LogP contribution >= 0.6 is 12.9 Å². The average molecular weight is 421 g/mol. The van der Waals surface area contributed by atoms with Crippen LogP contribution in [-0.2, 0) is 4.18 Å². The third kappa shape index (κ3) is 4.10. The summed E-state index contributed by atoms with van der Waals surface area (Å²) in [6.07, 6.45) is 18.4. The molecular formula is C26H44O2S. The van der Waals surface area contributed by atoms with E-state index in [1.807, 2.05) is 13.8 Å². The van der Waals surface area contributed by atoms with Gasteiger partial charge in [-0.1, -0.05) is 38.3 Å². The van der Waals surface area contributed by atoms with Gasteiger partial charge in [0, 0.05) is 0 Å². The van der Waals surface area contributed by atoms with Crippen molar-refractivity contribution in [1.29, 1.82) is 0 Å². The first-order chi connectivity index (χ1) is 13.7. The Balaban J connectivity index is 1.43. The molecule has 4 aliphatic rings. The Kier molecular flexibility index (Phi) is 6.26. The second-order valence-electron chi connectivity index (χ2n) is 12.1. The highest BCUT2D eigenvalue weighted by atomic mass is 32.1. The van der Waals surface area contributed by atoms with Crippen LogP contribution in [0, 0.1) is 34.5 Å². The molecule has 166 valence electrons. The average Bonchev–Trinajstić information content (AvgIpc) is 3.00. The number of unbranched alkanes of at least 4 members (excludes halogenated alkanes) is 1. The summed E-state index contributed by atoms with van der Waals surface area (Å²) < 4.78 is 5.43. The van der Waals surface area contributed by atoms with E-state index in [4.69, 9.17) is 4.18 Å². The molecule has 0 radical (unpaired) electrons. The van der Waals surface area contributed by atoms with Crippen LogP contribution in [0.15, 0.2) is 11.6 Å². The predicted molar refractivity (Wildman–Crippen MR) is 124 cm³/mol. The van der Waals surface area contributed by atoms with Crippen LogP contribution in [0.1, 0.15) is 105 Å². The van der Waals surface area contributed by atoms with Gasteiger partial charge in [-0.25, -0.2) is 0 Å². The first-order valence-electron chi connectivity index (χ1n) is 12.4. The van der Waals surface area contributed by atoms with E-state index in [9.17, 15) is 5.11 Å². The molecule has 0 aromatic rings. The van der Waals surface area contributed by atoms with E-state index >= 15 is 0 Å². The van der Waals surface area contributed by atoms with Crippen molar-refractivity contribution in [3.8, 4) is 0 Å². The van der Waals surface area contributed by atoms with Crippen molar-refractivity contribution in [1.82, 2.24) is 0 Å². The maximum absolute atomic E-state index is 10.0. The highest BCUT2D eigenvalue weighted by Gasteiger charge is 2.58. The SMILES string of the molecule is CC(C)(O)CCCCC1CCC2C3CC=C4CC(OS)CCC4(C)C3CCC12C. The number of rotatable bonds is 6. The van der Waals surface area contributed by atoms with Gasteiger partial charge in [-0.3, -0.25) is 0 Å². The van der Waals surface area contributed by atoms with E-state index in [-0.39, 0.29) is 0 Å². The van der Waals surface area contributed by atoms with E-state index in [1.54, 1.807) is 5.57 Å². The molecule has 29 heavy (non-hydrogen) atoms. The van der Waals surface area contributed by atoms with Crippen LogP contribution in [0.4, 0.5) is 0 Å². The fourth-order valence-electron chi connectivity index (χ4n) is 8.25. The van der Waals surface area contributed by atoms with Gasteiger partial charge in [0.15, 0.2) is 0 Å². The second kappa shape index (κ2) is 8.17. The molecule has 0 aromatic heterocycles. The highest BCUT2D eigenvalue weighted by molar-refractivity contribution is 7.75. The summed E-state index contributed by atoms with van der Waals surface area (Å²) in [5, 5.41) is 10.0. The molecule has 0 saturated heterocycles. The third-order valence-corrected chi connectivity index (χ3v) is 10.3. The fraction of sp³-hybridized carbons (Fsp3) is 0.923. The molecule has 4 aliphatic carbocycles. The Morgan fingerprint density at radius 1 is 1.10 bits per heavy atom. The van der Waals surface area contributed by atoms with Gasteiger partial charge in [-0.2, -0.15) is 0 Å². The van der Waals surface area contributed by atoms with Gasteiger partial charge in [0.25, 0.3) is 0 Å². The van der Waals surface area contributed by atoms with Crippen LogP contribution in [0.3, 0.4) is 0 Å². The van der Waals surface area contributed by atoms with Crippen LogP contribution in [0.2, 0.25) is 0 Å². The van der Waals surface area contributed by atoms with Crippen LogP contribution in [-0.4, -0.2) is 16.8 Å². The summed E-state index contributed by atoms with van der Waals surface area (Å²) in [5.74, 6) is 3.61. The Morgan fingerprint density at radius 2 is 1.90 bits per heavy atom. The van der Waals surface area contributed by atoms with Gasteiger partial charge >= 0.3 is 0 Å². The Labute approximate surface area is 184 Å². The molecule has 3 fully saturated rings. The minimum atomic E-state index is -0.501. The summed E-state index contributed by atoms with van der Waals surface area (Å²) in [5.41, 5.74) is 2.16. The van der Waals surface area contributed by atoms with Crippen molar-refractivity contribution in [3.63, 3.8) is 0 Å². The Hall–Kier alpha value is 0.01000. The lowest BCUT2D eigenvalue weighted by Gasteiger charge is -2.58. The van der Waals surface area contributed by atoms with Gasteiger partial charge in [-0.05, 0) is 125 Å². The molecule has 3 saturated carbocycles. The third-order valence-electron chi connectivity index (χ3n) is 10.00. The first-order valence-corrected chi connectivity index (χ1v) is 12.8. The normalized spacial score (nSPS) is 44.6. The minimum absolute atomic E-state index is 0.322. The zero-order valence-corrected chi connectivity index (χ0v) is 20.1. The topological polar surface area (TPSA) is 29.5 Å². The highest BCUT2D eigenvalue weighted by Crippen LogP contribution is 2.66. The summed E-state index contributed by atoms with van der Waals surface area (Å²) in [7, 11) is 0. The molecule has 0 bridgehead atoms. The number of hydrogen-bond donors (Lipinski definition) is 2. The standard InChI is InChI=1S/C26H44O2S/c1-24(2,27)14-6-5-7-18-9-11-22-21-10-8-19-17-20(28-29)12-15-26(19,4)23(21)13-16-25(18,22)3/h8,18,20-23,27,29H,5-7,9-17H2,1-4H3. The smallest absolute Gasteiger partial charge is 0.0756 e. The molecule has 0 aromatic carbocycles. The zero-order chi connectivity index (χ0) is 20.9. The van der Waals surface area contributed by atoms with Gasteiger partial charge in [0.1, 0.15) is 0 Å². The molecule has 7 atom stereocenters. The quantitative estimate of drug-likeness (QED) is 0.207. The molecule has 3 heteroatoms. The monoisotopic (exact) mass is 420 g/mol. The number of allylic oxidation sites excluding steroid dienone is 1. The van der Waals surface area contributed by atoms with Crippen molar-refractivity contribution in [3.05, 3.63) is 11.6 Å². The van der Waals surface area contributed by atoms with Crippen LogP contribution in [0.25, 0.3) is 0 Å². The van der Waals surface area contributed by atoms with Crippen LogP contribution in [0.5, 0.6) is 0 Å². The molecular weight excluding hydrogens is 376 g/mol. The molecule has 7 unspecified atom stereocenters. The zero-order valence-electron chi connectivity index (χ0n) is 19.3. The lowest BCUT2D eigenvalue weighted by atomic mass is 9.47. The van der Waals surface area contributed by atoms with Gasteiger partial charge in [-0.15, -0.1) is 0 Å². The second-order valence-corrected chi connectivity index (χ2v) is 12.3. The molecule has 0 spiro atoms. The lowest BCUT2D eigenvalue weighted by molar-refractivity contribution is -0.0484. The van der Waals surface area contributed by atoms with E-state index in [2.05, 4.69) is 32.8 Å². The predicted octanol–water partition coefficient (Wildman–Crippen LogP) is 7.13. The van der Waals surface area contributed by atoms with E-state index in [0.717, 1.165) is 36.5 Å². The Morgan fingerprint density at radius 3 is 2.62 bits per heavy atom. The maximum Gasteiger partial charge on any atom is 0.0756 e. The maximum atomic E-state index is 10.0. The first kappa shape index (κ1) is 22.2. The molecule has 1 N–H and O–H groups in total. The molecule has 0 aliphatic heterocycles. The lowest BCUT2D eigenvalue weighted by Crippen LogP contribution is -2.50. The van der Waals surface area contributed by atoms with E-state index in [1.165, 1.54) is 64.2 Å². The summed E-state index contributed by atoms with van der Waals surface area (Å²) in [4.78, 5) is 0. The molecule has 0 heterocycles. The van der Waals surface area contributed by atoms with E-state index < -0.39 is 5.60 Å². The van der Waals surface area contributed by atoms with Crippen molar-refractivity contribution < 1.29 is 9.29 Å². The van der Waals surface area contributed by atoms with Gasteiger partial charge in [0.2, 0.25) is 0 Å². The Bertz CT molecular complexity index is 623. The van der Waals surface area contributed by atoms with Crippen molar-refractivity contribution in [2.45, 2.75) is 116 Å². The van der Waals surface area contributed by atoms with Crippen molar-refractivity contribution in [2.75, 3.05) is 0 Å². The number of thiol groups is 1. The molecule has 0 amide bonds. The molecule has 4 rings (SSSR count). The molecule has 2 nitrogen and oxygen atoms in total. The summed E-state index contributed by atoms with van der Waals surface area (Å²) in [6, 6.07) is 0. The minimum Gasteiger partial charge on any atom is -0.390 e. The fourth-order valence-corrected chi connectivity index (χ4v) is 8.43. The van der Waals surface area contributed by atoms with Gasteiger partial charge < -0.3 is 9.29 Å². The number of fused-ring (bicyclic) bond motifs is 5. The van der Waals surface area contributed by atoms with E-state index in [0.29, 0.717) is 16.9 Å². The van der Waals surface area contributed by atoms with Crippen LogP contribution < -0.4 is 0 Å². The summed E-state index contributed by atoms with van der Waals surface area (Å²) in [6.45, 7) is 9.12. The van der Waals surface area contributed by atoms with Crippen molar-refractivity contribution >= 4 is 12.9 Å². The number of hydrogen-bond acceptors (Lipinski definition) is 3. The largest absolute Gasteiger partial charge is 0.390 e. The van der Waals surface area contributed by atoms with Crippen molar-refractivity contribution in [2.24, 2.45) is 34.5 Å². The van der Waals surface area contributed by atoms with Gasteiger partial charge in [0.05, 0.1) is 11.7 Å². The summed E-state index contributed by atoms with van der Waals surface area (Å²) >= 11 is 4.12.